The fraction of sp³-hybridized carbons (Fsp3) is 0.300. The van der Waals surface area contributed by atoms with Crippen LogP contribution in [0.25, 0.3) is 11.1 Å². The number of carbonyl (C=O) groups excluding carboxylic acids is 1. The number of benzene rings is 2. The van der Waals surface area contributed by atoms with Gasteiger partial charge >= 0.3 is 5.76 Å². The second-order valence-electron chi connectivity index (χ2n) is 7.07. The molecule has 0 saturated carbocycles. The number of anilines is 1. The molecule has 4 rings (SSSR count). The van der Waals surface area contributed by atoms with Crippen LogP contribution in [0.2, 0.25) is 5.02 Å². The summed E-state index contributed by atoms with van der Waals surface area (Å²) in [7, 11) is -3.61. The Morgan fingerprint density at radius 1 is 1.13 bits per heavy atom. The molecule has 0 aliphatic carbocycles. The maximum Gasteiger partial charge on any atom is 0.419 e. The third-order valence-corrected chi connectivity index (χ3v) is 7.14. The Bertz CT molecular complexity index is 1260. The Morgan fingerprint density at radius 2 is 1.90 bits per heavy atom. The minimum Gasteiger partial charge on any atom is -0.408 e. The van der Waals surface area contributed by atoms with E-state index in [0.29, 0.717) is 29.3 Å². The molecule has 2 heterocycles. The average molecular weight is 450 g/mol. The van der Waals surface area contributed by atoms with Crippen LogP contribution < -0.4 is 11.1 Å². The van der Waals surface area contributed by atoms with Crippen molar-refractivity contribution in [1.29, 1.82) is 0 Å². The average Bonchev–Trinajstić information content (AvgIpc) is 3.34. The highest BCUT2D eigenvalue weighted by Crippen LogP contribution is 2.24. The molecule has 0 spiro atoms. The van der Waals surface area contributed by atoms with Gasteiger partial charge in [-0.3, -0.25) is 9.36 Å². The third-order valence-electron chi connectivity index (χ3n) is 5.01. The number of fused-ring (bicyclic) bond motifs is 1. The Morgan fingerprint density at radius 3 is 2.63 bits per heavy atom. The number of aromatic nitrogens is 1. The molecule has 10 heteroatoms. The molecule has 1 saturated heterocycles. The van der Waals surface area contributed by atoms with Crippen molar-refractivity contribution >= 4 is 44.3 Å². The van der Waals surface area contributed by atoms with Gasteiger partial charge in [0.25, 0.3) is 0 Å². The molecule has 1 amide bonds. The number of aryl methyl sites for hydroxylation is 1. The van der Waals surface area contributed by atoms with Gasteiger partial charge in [-0.1, -0.05) is 17.7 Å². The van der Waals surface area contributed by atoms with E-state index in [1.54, 1.807) is 24.3 Å². The van der Waals surface area contributed by atoms with Crippen molar-refractivity contribution in [2.45, 2.75) is 30.7 Å². The van der Waals surface area contributed by atoms with E-state index in [1.807, 2.05) is 0 Å². The van der Waals surface area contributed by atoms with Crippen molar-refractivity contribution in [2.75, 3.05) is 18.4 Å². The van der Waals surface area contributed by atoms with E-state index in [0.717, 1.165) is 12.8 Å². The highest BCUT2D eigenvalue weighted by molar-refractivity contribution is 7.89. The zero-order valence-corrected chi connectivity index (χ0v) is 17.6. The lowest BCUT2D eigenvalue weighted by molar-refractivity contribution is -0.116. The normalized spacial score (nSPS) is 15.0. The van der Waals surface area contributed by atoms with Crippen LogP contribution >= 0.6 is 11.6 Å². The summed E-state index contributed by atoms with van der Waals surface area (Å²) in [6, 6.07) is 11.1. The molecule has 1 aromatic heterocycles. The first-order valence-electron chi connectivity index (χ1n) is 9.53. The Labute approximate surface area is 178 Å². The van der Waals surface area contributed by atoms with E-state index in [4.69, 9.17) is 16.0 Å². The van der Waals surface area contributed by atoms with Crippen molar-refractivity contribution in [2.24, 2.45) is 0 Å². The van der Waals surface area contributed by atoms with Gasteiger partial charge < -0.3 is 9.73 Å². The van der Waals surface area contributed by atoms with Crippen LogP contribution in [0.4, 0.5) is 5.69 Å². The molecular weight excluding hydrogens is 430 g/mol. The molecule has 0 bridgehead atoms. The molecule has 0 unspecified atom stereocenters. The molecule has 1 aliphatic rings. The zero-order valence-electron chi connectivity index (χ0n) is 16.0. The largest absolute Gasteiger partial charge is 0.419 e. The maximum atomic E-state index is 12.7. The van der Waals surface area contributed by atoms with Crippen molar-refractivity contribution in [1.82, 2.24) is 8.87 Å². The third kappa shape index (κ3) is 4.14. The van der Waals surface area contributed by atoms with Gasteiger partial charge in [0.05, 0.1) is 10.4 Å². The summed E-state index contributed by atoms with van der Waals surface area (Å²) in [6.07, 6.45) is 1.71. The number of amides is 1. The molecule has 2 aromatic carbocycles. The SMILES string of the molecule is O=C(CCn1c(=O)oc2cc(S(=O)(=O)N3CCCC3)ccc21)Nc1cccc(Cl)c1. The van der Waals surface area contributed by atoms with Gasteiger partial charge in [-0.25, -0.2) is 13.2 Å². The van der Waals surface area contributed by atoms with Crippen molar-refractivity contribution in [3.63, 3.8) is 0 Å². The molecule has 1 N–H and O–H groups in total. The number of nitrogens with one attached hydrogen (secondary N) is 1. The molecular formula is C20H20ClN3O5S. The molecule has 158 valence electrons. The molecule has 8 nitrogen and oxygen atoms in total. The smallest absolute Gasteiger partial charge is 0.408 e. The van der Waals surface area contributed by atoms with E-state index in [2.05, 4.69) is 5.32 Å². The molecule has 1 fully saturated rings. The monoisotopic (exact) mass is 449 g/mol. The van der Waals surface area contributed by atoms with Crippen LogP contribution in [0.3, 0.4) is 0 Å². The van der Waals surface area contributed by atoms with E-state index in [1.165, 1.54) is 27.1 Å². The van der Waals surface area contributed by atoms with Gasteiger partial charge in [-0.15, -0.1) is 0 Å². The number of hydrogen-bond donors (Lipinski definition) is 1. The Hall–Kier alpha value is -2.62. The number of nitrogens with zero attached hydrogens (tertiary/aromatic N) is 2. The number of rotatable bonds is 6. The number of halogens is 1. The minimum absolute atomic E-state index is 0.0366. The van der Waals surface area contributed by atoms with Crippen molar-refractivity contribution in [3.8, 4) is 0 Å². The van der Waals surface area contributed by atoms with Crippen LogP contribution in [0, 0.1) is 0 Å². The van der Waals surface area contributed by atoms with E-state index < -0.39 is 15.8 Å². The predicted molar refractivity (Wildman–Crippen MR) is 113 cm³/mol. The Kier molecular flexibility index (Phi) is 5.68. The lowest BCUT2D eigenvalue weighted by Gasteiger charge is -2.15. The highest BCUT2D eigenvalue weighted by Gasteiger charge is 2.28. The van der Waals surface area contributed by atoms with Crippen LogP contribution in [-0.4, -0.2) is 36.3 Å². The number of hydrogen-bond acceptors (Lipinski definition) is 5. The fourth-order valence-corrected chi connectivity index (χ4v) is 5.22. The van der Waals surface area contributed by atoms with E-state index in [-0.39, 0.29) is 29.4 Å². The summed E-state index contributed by atoms with van der Waals surface area (Å²) in [5.74, 6) is -0.928. The molecule has 0 radical (unpaired) electrons. The molecule has 3 aromatic rings. The summed E-state index contributed by atoms with van der Waals surface area (Å²) in [5, 5.41) is 3.22. The van der Waals surface area contributed by atoms with Crippen LogP contribution in [-0.2, 0) is 21.4 Å². The quantitative estimate of drug-likeness (QED) is 0.623. The zero-order chi connectivity index (χ0) is 21.3. The summed E-state index contributed by atoms with van der Waals surface area (Å²) in [4.78, 5) is 24.6. The minimum atomic E-state index is -3.61. The van der Waals surface area contributed by atoms with Gasteiger partial charge in [-0.2, -0.15) is 4.31 Å². The lowest BCUT2D eigenvalue weighted by Crippen LogP contribution is -2.27. The van der Waals surface area contributed by atoms with E-state index in [9.17, 15) is 18.0 Å². The van der Waals surface area contributed by atoms with Gasteiger partial charge in [0.2, 0.25) is 15.9 Å². The summed E-state index contributed by atoms with van der Waals surface area (Å²) in [5.41, 5.74) is 1.18. The second kappa shape index (κ2) is 8.25. The summed E-state index contributed by atoms with van der Waals surface area (Å²) >= 11 is 5.90. The number of sulfonamides is 1. The van der Waals surface area contributed by atoms with Gasteiger partial charge in [0, 0.05) is 42.8 Å². The maximum absolute atomic E-state index is 12.7. The Balaban J connectivity index is 1.51. The number of carbonyl (C=O) groups is 1. The second-order valence-corrected chi connectivity index (χ2v) is 9.44. The van der Waals surface area contributed by atoms with Gasteiger partial charge in [0.15, 0.2) is 5.58 Å². The van der Waals surface area contributed by atoms with E-state index >= 15 is 0 Å². The standard InChI is InChI=1S/C20H20ClN3O5S/c21-14-4-3-5-15(12-14)22-19(25)8-11-24-17-7-6-16(13-18(17)29-20(24)26)30(27,28)23-9-1-2-10-23/h3-7,12-13H,1-2,8-11H2,(H,22,25). The molecule has 30 heavy (non-hydrogen) atoms. The topological polar surface area (TPSA) is 102 Å². The molecule has 1 aliphatic heterocycles. The van der Waals surface area contributed by atoms with Crippen LogP contribution in [0.15, 0.2) is 56.6 Å². The highest BCUT2D eigenvalue weighted by atomic mass is 35.5. The first-order valence-corrected chi connectivity index (χ1v) is 11.4. The van der Waals surface area contributed by atoms with Crippen molar-refractivity contribution < 1.29 is 17.6 Å². The lowest BCUT2D eigenvalue weighted by atomic mass is 10.3. The molecule has 0 atom stereocenters. The van der Waals surface area contributed by atoms with Gasteiger partial charge in [0.1, 0.15) is 0 Å². The first kappa shape index (κ1) is 20.6. The first-order chi connectivity index (χ1) is 14.3. The van der Waals surface area contributed by atoms with Crippen LogP contribution in [0.1, 0.15) is 19.3 Å². The summed E-state index contributed by atoms with van der Waals surface area (Å²) < 4.78 is 33.4. The predicted octanol–water partition coefficient (Wildman–Crippen LogP) is 3.06. The number of oxazole rings is 1. The fourth-order valence-electron chi connectivity index (χ4n) is 3.50. The van der Waals surface area contributed by atoms with Crippen LogP contribution in [0.5, 0.6) is 0 Å². The summed E-state index contributed by atoms with van der Waals surface area (Å²) in [6.45, 7) is 1.08. The van der Waals surface area contributed by atoms with Crippen molar-refractivity contribution in [3.05, 3.63) is 58.0 Å². The van der Waals surface area contributed by atoms with Gasteiger partial charge in [-0.05, 0) is 43.2 Å².